The molecule has 2 aromatic rings. The van der Waals surface area contributed by atoms with Crippen LogP contribution >= 0.6 is 0 Å². The molecule has 0 radical (unpaired) electrons. The molecule has 1 fully saturated rings. The van der Waals surface area contributed by atoms with Gasteiger partial charge in [-0.2, -0.15) is 0 Å². The van der Waals surface area contributed by atoms with Gasteiger partial charge in [0.2, 0.25) is 5.91 Å². The lowest BCUT2D eigenvalue weighted by Gasteiger charge is -2.26. The van der Waals surface area contributed by atoms with E-state index in [0.717, 1.165) is 12.8 Å². The van der Waals surface area contributed by atoms with Crippen molar-refractivity contribution in [2.75, 3.05) is 19.0 Å². The summed E-state index contributed by atoms with van der Waals surface area (Å²) in [6.45, 7) is 3.71. The van der Waals surface area contributed by atoms with Crippen molar-refractivity contribution in [3.05, 3.63) is 30.8 Å². The third kappa shape index (κ3) is 5.34. The number of oxazole rings is 1. The molecule has 0 saturated heterocycles. The first-order valence-corrected chi connectivity index (χ1v) is 9.27. The highest BCUT2D eigenvalue weighted by molar-refractivity contribution is 6.39. The summed E-state index contributed by atoms with van der Waals surface area (Å²) in [6.07, 6.45) is 4.66. The number of nitrogens with zero attached hydrogens (tertiary/aromatic N) is 1. The maximum absolute atomic E-state index is 12.3. The average molecular weight is 400 g/mol. The molecule has 154 valence electrons. The minimum atomic E-state index is -0.818. The van der Waals surface area contributed by atoms with Crippen molar-refractivity contribution in [1.29, 1.82) is 0 Å². The number of carbonyl (C=O) groups is 3. The summed E-state index contributed by atoms with van der Waals surface area (Å²) >= 11 is 0. The Balaban J connectivity index is 1.58. The summed E-state index contributed by atoms with van der Waals surface area (Å²) < 4.78 is 10.6. The number of benzene rings is 1. The van der Waals surface area contributed by atoms with Crippen molar-refractivity contribution in [1.82, 2.24) is 15.6 Å². The fraction of sp³-hybridized carbons (Fsp3) is 0.400. The van der Waals surface area contributed by atoms with E-state index in [9.17, 15) is 14.4 Å². The SMILES string of the molecule is COc1cc(NC(=O)C(=O)NC(C)(C)CNC(=O)C2CC2)ccc1-c1cnco1. The zero-order valence-electron chi connectivity index (χ0n) is 16.6. The van der Waals surface area contributed by atoms with E-state index in [1.165, 1.54) is 13.5 Å². The van der Waals surface area contributed by atoms with Gasteiger partial charge >= 0.3 is 11.8 Å². The van der Waals surface area contributed by atoms with Gasteiger partial charge < -0.3 is 25.1 Å². The Kier molecular flexibility index (Phi) is 5.86. The van der Waals surface area contributed by atoms with E-state index in [-0.39, 0.29) is 18.4 Å². The van der Waals surface area contributed by atoms with E-state index < -0.39 is 17.4 Å². The van der Waals surface area contributed by atoms with Crippen molar-refractivity contribution >= 4 is 23.4 Å². The van der Waals surface area contributed by atoms with Crippen LogP contribution in [-0.4, -0.2) is 41.9 Å². The molecule has 29 heavy (non-hydrogen) atoms. The van der Waals surface area contributed by atoms with E-state index in [0.29, 0.717) is 22.8 Å². The summed E-state index contributed by atoms with van der Waals surface area (Å²) in [5, 5.41) is 7.97. The maximum Gasteiger partial charge on any atom is 0.313 e. The molecule has 1 aromatic heterocycles. The van der Waals surface area contributed by atoms with Gasteiger partial charge in [-0.05, 0) is 38.8 Å². The van der Waals surface area contributed by atoms with Crippen molar-refractivity contribution in [3.8, 4) is 17.1 Å². The van der Waals surface area contributed by atoms with Crippen LogP contribution in [0.3, 0.4) is 0 Å². The number of methoxy groups -OCH3 is 1. The Bertz CT molecular complexity index is 904. The molecule has 0 unspecified atom stereocenters. The molecule has 3 rings (SSSR count). The van der Waals surface area contributed by atoms with E-state index in [4.69, 9.17) is 9.15 Å². The largest absolute Gasteiger partial charge is 0.496 e. The van der Waals surface area contributed by atoms with Crippen LogP contribution in [0.2, 0.25) is 0 Å². The molecule has 1 saturated carbocycles. The highest BCUT2D eigenvalue weighted by Crippen LogP contribution is 2.32. The molecule has 9 nitrogen and oxygen atoms in total. The van der Waals surface area contributed by atoms with Crippen LogP contribution in [0.15, 0.2) is 35.2 Å². The third-order valence-electron chi connectivity index (χ3n) is 4.47. The monoisotopic (exact) mass is 400 g/mol. The summed E-state index contributed by atoms with van der Waals surface area (Å²) in [5.41, 5.74) is 0.289. The van der Waals surface area contributed by atoms with E-state index >= 15 is 0 Å². The normalized spacial score (nSPS) is 13.5. The first kappa shape index (κ1) is 20.4. The lowest BCUT2D eigenvalue weighted by Crippen LogP contribution is -2.54. The number of nitrogens with one attached hydrogen (secondary N) is 3. The molecule has 0 bridgehead atoms. The Morgan fingerprint density at radius 2 is 2.00 bits per heavy atom. The standard InChI is InChI=1S/C20H24N4O5/c1-20(2,10-22-17(25)12-4-5-12)24-19(27)18(26)23-13-6-7-14(15(8-13)28-3)16-9-21-11-29-16/h6-9,11-12H,4-5,10H2,1-3H3,(H,22,25)(H,23,26)(H,24,27). The Labute approximate surface area is 168 Å². The number of hydrogen-bond donors (Lipinski definition) is 3. The van der Waals surface area contributed by atoms with Crippen LogP contribution in [0.5, 0.6) is 5.75 Å². The topological polar surface area (TPSA) is 123 Å². The maximum atomic E-state index is 12.3. The van der Waals surface area contributed by atoms with Crippen LogP contribution in [-0.2, 0) is 14.4 Å². The molecular formula is C20H24N4O5. The number of hydrogen-bond acceptors (Lipinski definition) is 6. The predicted molar refractivity (Wildman–Crippen MR) is 105 cm³/mol. The lowest BCUT2D eigenvalue weighted by molar-refractivity contribution is -0.137. The number of anilines is 1. The zero-order chi connectivity index (χ0) is 21.0. The second-order valence-electron chi connectivity index (χ2n) is 7.56. The number of ether oxygens (including phenoxy) is 1. The summed E-state index contributed by atoms with van der Waals surface area (Å²) in [5.74, 6) is -0.569. The molecular weight excluding hydrogens is 376 g/mol. The van der Waals surface area contributed by atoms with Crippen LogP contribution in [0, 0.1) is 5.92 Å². The van der Waals surface area contributed by atoms with Gasteiger partial charge in [0.05, 0.1) is 24.4 Å². The first-order valence-electron chi connectivity index (χ1n) is 9.27. The Morgan fingerprint density at radius 1 is 1.24 bits per heavy atom. The highest BCUT2D eigenvalue weighted by Gasteiger charge is 2.31. The van der Waals surface area contributed by atoms with Gasteiger partial charge in [-0.1, -0.05) is 0 Å². The molecule has 1 aliphatic rings. The number of amides is 3. The quantitative estimate of drug-likeness (QED) is 0.608. The van der Waals surface area contributed by atoms with Gasteiger partial charge in [0.15, 0.2) is 12.2 Å². The average Bonchev–Trinajstić information content (AvgIpc) is 3.40. The third-order valence-corrected chi connectivity index (χ3v) is 4.47. The summed E-state index contributed by atoms with van der Waals surface area (Å²) in [7, 11) is 1.49. The van der Waals surface area contributed by atoms with Gasteiger partial charge in [0.25, 0.3) is 0 Å². The van der Waals surface area contributed by atoms with Gasteiger partial charge in [0.1, 0.15) is 5.75 Å². The van der Waals surface area contributed by atoms with Gasteiger partial charge in [-0.25, -0.2) is 4.98 Å². The summed E-state index contributed by atoms with van der Waals surface area (Å²) in [6, 6.07) is 4.92. The number of carbonyl (C=O) groups excluding carboxylic acids is 3. The zero-order valence-corrected chi connectivity index (χ0v) is 16.6. The van der Waals surface area contributed by atoms with E-state index in [2.05, 4.69) is 20.9 Å². The van der Waals surface area contributed by atoms with Crippen molar-refractivity contribution in [3.63, 3.8) is 0 Å². The number of rotatable bonds is 7. The molecule has 9 heteroatoms. The number of aromatic nitrogens is 1. The minimum Gasteiger partial charge on any atom is -0.496 e. The van der Waals surface area contributed by atoms with E-state index in [1.807, 2.05) is 0 Å². The summed E-state index contributed by atoms with van der Waals surface area (Å²) in [4.78, 5) is 40.2. The van der Waals surface area contributed by atoms with Gasteiger partial charge in [0, 0.05) is 24.2 Å². The fourth-order valence-corrected chi connectivity index (χ4v) is 2.72. The predicted octanol–water partition coefficient (Wildman–Crippen LogP) is 1.71. The molecule has 1 aromatic carbocycles. The Morgan fingerprint density at radius 3 is 2.62 bits per heavy atom. The first-order chi connectivity index (χ1) is 13.8. The highest BCUT2D eigenvalue weighted by atomic mass is 16.5. The van der Waals surface area contributed by atoms with Crippen molar-refractivity contribution in [2.24, 2.45) is 5.92 Å². The molecule has 0 atom stereocenters. The second-order valence-corrected chi connectivity index (χ2v) is 7.56. The van der Waals surface area contributed by atoms with Crippen LogP contribution in [0.1, 0.15) is 26.7 Å². The molecule has 3 amide bonds. The van der Waals surface area contributed by atoms with Crippen LogP contribution < -0.4 is 20.7 Å². The second kappa shape index (κ2) is 8.34. The van der Waals surface area contributed by atoms with Gasteiger partial charge in [-0.3, -0.25) is 14.4 Å². The minimum absolute atomic E-state index is 0.0179. The molecule has 0 aliphatic heterocycles. The molecule has 1 aliphatic carbocycles. The molecule has 3 N–H and O–H groups in total. The fourth-order valence-electron chi connectivity index (χ4n) is 2.72. The van der Waals surface area contributed by atoms with Crippen LogP contribution in [0.25, 0.3) is 11.3 Å². The van der Waals surface area contributed by atoms with Gasteiger partial charge in [-0.15, -0.1) is 0 Å². The van der Waals surface area contributed by atoms with Crippen molar-refractivity contribution in [2.45, 2.75) is 32.2 Å². The van der Waals surface area contributed by atoms with E-state index in [1.54, 1.807) is 38.2 Å². The van der Waals surface area contributed by atoms with Crippen LogP contribution in [0.4, 0.5) is 5.69 Å². The van der Waals surface area contributed by atoms with Crippen molar-refractivity contribution < 1.29 is 23.5 Å². The molecule has 0 spiro atoms. The Hall–Kier alpha value is -3.36. The lowest BCUT2D eigenvalue weighted by atomic mass is 10.1. The molecule has 1 heterocycles. The smallest absolute Gasteiger partial charge is 0.313 e.